The Balaban J connectivity index is 2.30. The van der Waals surface area contributed by atoms with Gasteiger partial charge in [0.2, 0.25) is 4.69 Å². The Morgan fingerprint density at radius 1 is 1.27 bits per heavy atom. The highest BCUT2D eigenvalue weighted by Gasteiger charge is 2.63. The second-order valence-corrected chi connectivity index (χ2v) is 5.13. The van der Waals surface area contributed by atoms with E-state index in [2.05, 4.69) is 15.9 Å². The molecule has 0 spiro atoms. The number of carbonyl (C=O) groups excluding carboxylic acids is 1. The summed E-state index contributed by atoms with van der Waals surface area (Å²) in [5, 5.41) is 9.62. The highest BCUT2D eigenvalue weighted by atomic mass is 79.9. The number of carbonyl (C=O) groups is 1. The number of ether oxygens (including phenoxy) is 3. The number of rotatable bonds is 1. The maximum absolute atomic E-state index is 11.4. The van der Waals surface area contributed by atoms with Gasteiger partial charge in [-0.15, -0.1) is 0 Å². The summed E-state index contributed by atoms with van der Waals surface area (Å²) in [6.07, 6.45) is -2.34. The molecule has 2 saturated heterocycles. The minimum Gasteiger partial charge on any atom is -0.366 e. The molecule has 0 aromatic carbocycles. The van der Waals surface area contributed by atoms with Gasteiger partial charge in [0.1, 0.15) is 12.2 Å². The van der Waals surface area contributed by atoms with Crippen LogP contribution in [0.25, 0.3) is 0 Å². The number of aliphatic hydroxyl groups is 1. The van der Waals surface area contributed by atoms with Crippen molar-refractivity contribution < 1.29 is 24.1 Å². The summed E-state index contributed by atoms with van der Waals surface area (Å²) in [7, 11) is 0. The Labute approximate surface area is 95.8 Å². The van der Waals surface area contributed by atoms with E-state index < -0.39 is 29.9 Å². The lowest BCUT2D eigenvalue weighted by Crippen LogP contribution is -2.45. The minimum absolute atomic E-state index is 0.358. The molecule has 0 aromatic heterocycles. The van der Waals surface area contributed by atoms with Crippen molar-refractivity contribution in [2.24, 2.45) is 0 Å². The summed E-state index contributed by atoms with van der Waals surface area (Å²) < 4.78 is 15.8. The number of fused-ring (bicyclic) bond motifs is 1. The van der Waals surface area contributed by atoms with Gasteiger partial charge in [-0.3, -0.25) is 4.79 Å². The molecule has 5 nitrogen and oxygen atoms in total. The fourth-order valence-electron chi connectivity index (χ4n) is 1.97. The number of hydrogen-bond donors (Lipinski definition) is 1. The van der Waals surface area contributed by atoms with Crippen molar-refractivity contribution in [3.8, 4) is 0 Å². The summed E-state index contributed by atoms with van der Waals surface area (Å²) in [5.41, 5.74) is -1.20. The highest BCUT2D eigenvalue weighted by Crippen LogP contribution is 2.44. The Kier molecular flexibility index (Phi) is 2.48. The van der Waals surface area contributed by atoms with Gasteiger partial charge < -0.3 is 19.3 Å². The van der Waals surface area contributed by atoms with Crippen LogP contribution in [0.4, 0.5) is 0 Å². The Morgan fingerprint density at radius 3 is 2.40 bits per heavy atom. The van der Waals surface area contributed by atoms with Crippen LogP contribution in [0.3, 0.4) is 0 Å². The van der Waals surface area contributed by atoms with E-state index in [1.807, 2.05) is 0 Å². The molecule has 86 valence electrons. The van der Waals surface area contributed by atoms with Crippen LogP contribution < -0.4 is 0 Å². The van der Waals surface area contributed by atoms with Gasteiger partial charge in [-0.25, -0.2) is 0 Å². The fourth-order valence-corrected chi connectivity index (χ4v) is 2.29. The lowest BCUT2D eigenvalue weighted by atomic mass is 10.00. The van der Waals surface area contributed by atoms with Gasteiger partial charge >= 0.3 is 0 Å². The molecule has 15 heavy (non-hydrogen) atoms. The predicted octanol–water partition coefficient (Wildman–Crippen LogP) is 0.535. The topological polar surface area (TPSA) is 65.0 Å². The SMILES string of the molecule is CC1(C)O[C@H]2[C@H](O)O[C@](C)(C(=O)Br)[C@H]2O1. The van der Waals surface area contributed by atoms with Crippen molar-refractivity contribution >= 4 is 20.6 Å². The van der Waals surface area contributed by atoms with Crippen LogP contribution in [-0.4, -0.2) is 39.7 Å². The fraction of sp³-hybridized carbons (Fsp3) is 0.889. The molecule has 2 aliphatic heterocycles. The van der Waals surface area contributed by atoms with Gasteiger partial charge in [-0.1, -0.05) is 0 Å². The largest absolute Gasteiger partial charge is 0.366 e. The van der Waals surface area contributed by atoms with Crippen molar-refractivity contribution in [1.82, 2.24) is 0 Å². The maximum Gasteiger partial charge on any atom is 0.232 e. The smallest absolute Gasteiger partial charge is 0.232 e. The molecule has 0 amide bonds. The van der Waals surface area contributed by atoms with Crippen molar-refractivity contribution in [2.75, 3.05) is 0 Å². The molecule has 0 bridgehead atoms. The maximum atomic E-state index is 11.4. The van der Waals surface area contributed by atoms with E-state index in [0.717, 1.165) is 0 Å². The van der Waals surface area contributed by atoms with Crippen LogP contribution in [0.2, 0.25) is 0 Å². The molecular formula is C9H13BrO5. The molecule has 0 saturated carbocycles. The summed E-state index contributed by atoms with van der Waals surface area (Å²) in [6, 6.07) is 0. The first kappa shape index (κ1) is 11.5. The molecule has 0 unspecified atom stereocenters. The van der Waals surface area contributed by atoms with E-state index in [1.54, 1.807) is 20.8 Å². The van der Waals surface area contributed by atoms with Gasteiger partial charge in [-0.2, -0.15) is 0 Å². The van der Waals surface area contributed by atoms with Crippen molar-refractivity contribution in [1.29, 1.82) is 0 Å². The molecular weight excluding hydrogens is 268 g/mol. The third-order valence-corrected chi connectivity index (χ3v) is 3.50. The van der Waals surface area contributed by atoms with Crippen molar-refractivity contribution in [3.05, 3.63) is 0 Å². The Hall–Kier alpha value is -0.0100. The van der Waals surface area contributed by atoms with E-state index >= 15 is 0 Å². The highest BCUT2D eigenvalue weighted by molar-refractivity contribution is 9.18. The summed E-state index contributed by atoms with van der Waals surface area (Å²) >= 11 is 2.85. The molecule has 2 aliphatic rings. The van der Waals surface area contributed by atoms with E-state index in [-0.39, 0.29) is 4.69 Å². The Bertz CT molecular complexity index is 305. The zero-order chi connectivity index (χ0) is 11.4. The van der Waals surface area contributed by atoms with Gasteiger partial charge in [-0.05, 0) is 36.7 Å². The number of halogens is 1. The Morgan fingerprint density at radius 2 is 1.87 bits per heavy atom. The lowest BCUT2D eigenvalue weighted by Gasteiger charge is -2.27. The van der Waals surface area contributed by atoms with Crippen molar-refractivity contribution in [2.45, 2.75) is 50.7 Å². The molecule has 6 heteroatoms. The van der Waals surface area contributed by atoms with Gasteiger partial charge in [0.05, 0.1) is 0 Å². The molecule has 2 fully saturated rings. The second-order valence-electron chi connectivity index (χ2n) is 4.41. The van der Waals surface area contributed by atoms with Crippen LogP contribution in [-0.2, 0) is 19.0 Å². The summed E-state index contributed by atoms with van der Waals surface area (Å²) in [6.45, 7) is 5.04. The van der Waals surface area contributed by atoms with Crippen LogP contribution in [0.5, 0.6) is 0 Å². The molecule has 0 radical (unpaired) electrons. The van der Waals surface area contributed by atoms with Crippen LogP contribution in [0.15, 0.2) is 0 Å². The lowest BCUT2D eigenvalue weighted by molar-refractivity contribution is -0.234. The van der Waals surface area contributed by atoms with Crippen LogP contribution in [0, 0.1) is 0 Å². The zero-order valence-corrected chi connectivity index (χ0v) is 10.3. The van der Waals surface area contributed by atoms with Gasteiger partial charge in [0.15, 0.2) is 17.7 Å². The standard InChI is InChI=1S/C9H13BrO5/c1-8(2)13-4-5(14-8)9(3,7(10)12)15-6(4)11/h4-6,11H,1-3H3/t4-,5+,6-,9+/m1/s1. The van der Waals surface area contributed by atoms with Crippen LogP contribution >= 0.6 is 15.9 Å². The second kappa shape index (κ2) is 3.24. The van der Waals surface area contributed by atoms with Gasteiger partial charge in [0.25, 0.3) is 0 Å². The average molecular weight is 281 g/mol. The van der Waals surface area contributed by atoms with Gasteiger partial charge in [0, 0.05) is 0 Å². The number of hydrogen-bond acceptors (Lipinski definition) is 5. The third kappa shape index (κ3) is 1.64. The van der Waals surface area contributed by atoms with Crippen molar-refractivity contribution in [3.63, 3.8) is 0 Å². The molecule has 0 aliphatic carbocycles. The predicted molar refractivity (Wildman–Crippen MR) is 53.3 cm³/mol. The molecule has 1 N–H and O–H groups in total. The normalized spacial score (nSPS) is 47.9. The number of aliphatic hydroxyl groups excluding tert-OH is 1. The van der Waals surface area contributed by atoms with E-state index in [1.165, 1.54) is 0 Å². The summed E-state index contributed by atoms with van der Waals surface area (Å²) in [4.78, 5) is 11.4. The molecule has 0 aromatic rings. The average Bonchev–Trinajstić information content (AvgIpc) is 2.50. The summed E-state index contributed by atoms with van der Waals surface area (Å²) in [5.74, 6) is -0.802. The molecule has 4 atom stereocenters. The third-order valence-electron chi connectivity index (χ3n) is 2.71. The monoisotopic (exact) mass is 280 g/mol. The first-order valence-electron chi connectivity index (χ1n) is 4.68. The first-order chi connectivity index (χ1) is 6.76. The first-order valence-corrected chi connectivity index (χ1v) is 5.47. The van der Waals surface area contributed by atoms with E-state index in [4.69, 9.17) is 14.2 Å². The minimum atomic E-state index is -1.20. The molecule has 2 rings (SSSR count). The molecule has 2 heterocycles. The van der Waals surface area contributed by atoms with E-state index in [9.17, 15) is 9.90 Å². The quantitative estimate of drug-likeness (QED) is 0.710. The van der Waals surface area contributed by atoms with Crippen LogP contribution in [0.1, 0.15) is 20.8 Å². The zero-order valence-electron chi connectivity index (χ0n) is 8.69. The van der Waals surface area contributed by atoms with E-state index in [0.29, 0.717) is 0 Å².